The minimum Gasteiger partial charge on any atom is -0.262 e. The van der Waals surface area contributed by atoms with Gasteiger partial charge in [0.05, 0.1) is 17.1 Å². The van der Waals surface area contributed by atoms with E-state index in [0.717, 1.165) is 12.1 Å². The highest BCUT2D eigenvalue weighted by Crippen LogP contribution is 2.41. The van der Waals surface area contributed by atoms with E-state index in [-0.39, 0.29) is 5.41 Å². The lowest BCUT2D eigenvalue weighted by Gasteiger charge is -2.19. The Morgan fingerprint density at radius 3 is 2.56 bits per heavy atom. The second-order valence-corrected chi connectivity index (χ2v) is 7.83. The van der Waals surface area contributed by atoms with Crippen LogP contribution in [0.1, 0.15) is 38.3 Å². The van der Waals surface area contributed by atoms with Crippen LogP contribution in [0.2, 0.25) is 0 Å². The molecule has 3 heteroatoms. The summed E-state index contributed by atoms with van der Waals surface area (Å²) >= 11 is 0. The van der Waals surface area contributed by atoms with Gasteiger partial charge in [0.2, 0.25) is 11.4 Å². The number of para-hydroxylation sites is 1. The van der Waals surface area contributed by atoms with E-state index in [1.54, 1.807) is 0 Å². The number of hydrazone groups is 1. The third kappa shape index (κ3) is 2.41. The molecule has 2 heterocycles. The monoisotopic (exact) mass is 332 g/mol. The van der Waals surface area contributed by atoms with Gasteiger partial charge in [-0.3, -0.25) is 5.01 Å². The van der Waals surface area contributed by atoms with Crippen molar-refractivity contribution >= 4 is 22.8 Å². The summed E-state index contributed by atoms with van der Waals surface area (Å²) in [7, 11) is 2.18. The van der Waals surface area contributed by atoms with Gasteiger partial charge >= 0.3 is 0 Å². The first-order valence-electron chi connectivity index (χ1n) is 9.04. The Labute approximate surface area is 150 Å². The summed E-state index contributed by atoms with van der Waals surface area (Å²) in [5.74, 6) is 0. The van der Waals surface area contributed by atoms with Crippen LogP contribution in [0.25, 0.3) is 0 Å². The summed E-state index contributed by atoms with van der Waals surface area (Å²) < 4.78 is 2.34. The standard InChI is InChI=1S/C22H26N3/c1-15-11-12-20-18(13-15)22(3,4)21(24(20)5)19-14-16(2)25(23-19)17-9-7-6-8-10-17/h6-13,16H,14H2,1-5H3/q+1. The molecule has 0 saturated carbocycles. The van der Waals surface area contributed by atoms with Crippen molar-refractivity contribution in [3.63, 3.8) is 0 Å². The molecule has 128 valence electrons. The van der Waals surface area contributed by atoms with Gasteiger partial charge in [0.15, 0.2) is 0 Å². The molecule has 2 aliphatic rings. The predicted molar refractivity (Wildman–Crippen MR) is 105 cm³/mol. The molecule has 3 nitrogen and oxygen atoms in total. The minimum atomic E-state index is -0.0264. The van der Waals surface area contributed by atoms with Crippen LogP contribution in [-0.2, 0) is 5.41 Å². The lowest BCUT2D eigenvalue weighted by Crippen LogP contribution is -2.35. The molecule has 0 saturated heterocycles. The summed E-state index contributed by atoms with van der Waals surface area (Å²) in [6.07, 6.45) is 0.977. The maximum atomic E-state index is 5.04. The SMILES string of the molecule is Cc1ccc2c(c1)C(C)(C)C(C1=NN(c3ccccc3)C(C)C1)=[N+]2C. The van der Waals surface area contributed by atoms with Gasteiger partial charge in [-0.15, -0.1) is 0 Å². The number of hydrogen-bond acceptors (Lipinski definition) is 2. The molecule has 0 aromatic heterocycles. The summed E-state index contributed by atoms with van der Waals surface area (Å²) in [5.41, 5.74) is 7.70. The zero-order valence-corrected chi connectivity index (χ0v) is 15.7. The molecule has 2 aromatic rings. The van der Waals surface area contributed by atoms with Crippen LogP contribution >= 0.6 is 0 Å². The normalized spacial score (nSPS) is 21.6. The molecule has 0 amide bonds. The summed E-state index contributed by atoms with van der Waals surface area (Å²) in [5, 5.41) is 7.21. The quantitative estimate of drug-likeness (QED) is 0.732. The van der Waals surface area contributed by atoms with Crippen LogP contribution in [0.15, 0.2) is 53.6 Å². The topological polar surface area (TPSA) is 18.6 Å². The van der Waals surface area contributed by atoms with E-state index < -0.39 is 0 Å². The Morgan fingerprint density at radius 1 is 1.12 bits per heavy atom. The highest BCUT2D eigenvalue weighted by Gasteiger charge is 2.48. The molecular weight excluding hydrogens is 306 g/mol. The van der Waals surface area contributed by atoms with Gasteiger partial charge in [-0.05, 0) is 45.9 Å². The van der Waals surface area contributed by atoms with Gasteiger partial charge in [0, 0.05) is 18.1 Å². The molecule has 0 aliphatic carbocycles. The fourth-order valence-corrected chi connectivity index (χ4v) is 4.34. The van der Waals surface area contributed by atoms with Gasteiger partial charge in [-0.2, -0.15) is 9.68 Å². The van der Waals surface area contributed by atoms with Crippen molar-refractivity contribution in [3.05, 3.63) is 59.7 Å². The largest absolute Gasteiger partial charge is 0.262 e. The van der Waals surface area contributed by atoms with Gasteiger partial charge in [-0.25, -0.2) is 0 Å². The number of aryl methyl sites for hydroxylation is 1. The first-order valence-corrected chi connectivity index (χ1v) is 9.04. The van der Waals surface area contributed by atoms with Crippen LogP contribution in [0.3, 0.4) is 0 Å². The van der Waals surface area contributed by atoms with Crippen molar-refractivity contribution in [3.8, 4) is 0 Å². The minimum absolute atomic E-state index is 0.0264. The number of rotatable bonds is 2. The van der Waals surface area contributed by atoms with Gasteiger partial charge < -0.3 is 0 Å². The van der Waals surface area contributed by atoms with Gasteiger partial charge in [-0.1, -0.05) is 29.8 Å². The van der Waals surface area contributed by atoms with E-state index in [4.69, 9.17) is 5.10 Å². The van der Waals surface area contributed by atoms with Crippen LogP contribution in [0, 0.1) is 6.92 Å². The highest BCUT2D eigenvalue weighted by atomic mass is 15.5. The first-order chi connectivity index (χ1) is 11.9. The van der Waals surface area contributed by atoms with Crippen LogP contribution < -0.4 is 5.01 Å². The molecule has 0 fully saturated rings. The van der Waals surface area contributed by atoms with E-state index in [9.17, 15) is 0 Å². The lowest BCUT2D eigenvalue weighted by atomic mass is 9.78. The molecule has 0 radical (unpaired) electrons. The average Bonchev–Trinajstić information content (AvgIpc) is 3.04. The molecule has 1 unspecified atom stereocenters. The zero-order chi connectivity index (χ0) is 17.8. The highest BCUT2D eigenvalue weighted by molar-refractivity contribution is 6.45. The Balaban J connectivity index is 1.79. The number of hydrogen-bond donors (Lipinski definition) is 0. The van der Waals surface area contributed by atoms with Crippen LogP contribution in [0.4, 0.5) is 11.4 Å². The van der Waals surface area contributed by atoms with Crippen molar-refractivity contribution < 1.29 is 4.58 Å². The smallest absolute Gasteiger partial charge is 0.215 e. The van der Waals surface area contributed by atoms with Crippen molar-refractivity contribution in [2.45, 2.75) is 45.6 Å². The second-order valence-electron chi connectivity index (χ2n) is 7.83. The Morgan fingerprint density at radius 2 is 1.84 bits per heavy atom. The number of benzene rings is 2. The van der Waals surface area contributed by atoms with E-state index in [1.165, 1.54) is 28.2 Å². The summed E-state index contributed by atoms with van der Waals surface area (Å²) in [4.78, 5) is 0. The molecular formula is C22H26N3+. The molecule has 0 N–H and O–H groups in total. The van der Waals surface area contributed by atoms with E-state index in [1.807, 2.05) is 0 Å². The van der Waals surface area contributed by atoms with E-state index >= 15 is 0 Å². The second kappa shape index (κ2) is 5.55. The molecule has 2 aromatic carbocycles. The number of nitrogens with zero attached hydrogens (tertiary/aromatic N) is 3. The summed E-state index contributed by atoms with van der Waals surface area (Å²) in [6.45, 7) is 9.06. The number of anilines is 1. The zero-order valence-electron chi connectivity index (χ0n) is 15.7. The number of fused-ring (bicyclic) bond motifs is 1. The van der Waals surface area contributed by atoms with Crippen molar-refractivity contribution in [1.29, 1.82) is 0 Å². The molecule has 1 atom stereocenters. The predicted octanol–water partition coefficient (Wildman–Crippen LogP) is 4.66. The fraction of sp³-hybridized carbons (Fsp3) is 0.364. The van der Waals surface area contributed by atoms with Crippen molar-refractivity contribution in [2.75, 3.05) is 12.1 Å². The van der Waals surface area contributed by atoms with Gasteiger partial charge in [0.25, 0.3) is 0 Å². The van der Waals surface area contributed by atoms with Crippen LogP contribution in [-0.4, -0.2) is 29.1 Å². The maximum Gasteiger partial charge on any atom is 0.215 e. The van der Waals surface area contributed by atoms with E-state index in [2.05, 4.69) is 92.9 Å². The lowest BCUT2D eigenvalue weighted by molar-refractivity contribution is -0.400. The van der Waals surface area contributed by atoms with Crippen LogP contribution in [0.5, 0.6) is 0 Å². The Hall–Kier alpha value is -2.42. The molecule has 0 bridgehead atoms. The summed E-state index contributed by atoms with van der Waals surface area (Å²) in [6, 6.07) is 17.6. The molecule has 25 heavy (non-hydrogen) atoms. The molecule has 4 rings (SSSR count). The maximum absolute atomic E-state index is 5.04. The molecule has 2 aliphatic heterocycles. The molecule has 0 spiro atoms. The Kier molecular flexibility index (Phi) is 3.57. The third-order valence-corrected chi connectivity index (χ3v) is 5.54. The van der Waals surface area contributed by atoms with Crippen molar-refractivity contribution in [2.24, 2.45) is 5.10 Å². The first kappa shape index (κ1) is 16.1. The Bertz CT molecular complexity index is 891. The van der Waals surface area contributed by atoms with Gasteiger partial charge in [0.1, 0.15) is 12.8 Å². The fourth-order valence-electron chi connectivity index (χ4n) is 4.34. The average molecular weight is 332 g/mol. The van der Waals surface area contributed by atoms with E-state index in [0.29, 0.717) is 6.04 Å². The third-order valence-electron chi connectivity index (χ3n) is 5.54. The van der Waals surface area contributed by atoms with Crippen molar-refractivity contribution in [1.82, 2.24) is 0 Å².